The second kappa shape index (κ2) is 6.76. The molecular weight excluding hydrogens is 336 g/mol. The van der Waals surface area contributed by atoms with Gasteiger partial charge in [-0.25, -0.2) is 9.78 Å². The van der Waals surface area contributed by atoms with E-state index in [0.717, 1.165) is 15.7 Å². The molecule has 0 radical (unpaired) electrons. The number of nitrogens with zero attached hydrogens (tertiary/aromatic N) is 4. The van der Waals surface area contributed by atoms with Crippen molar-refractivity contribution in [3.8, 4) is 0 Å². The summed E-state index contributed by atoms with van der Waals surface area (Å²) in [6, 6.07) is 8.13. The van der Waals surface area contributed by atoms with Crippen LogP contribution >= 0.6 is 11.8 Å². The second-order valence-corrected chi connectivity index (χ2v) is 6.93. The van der Waals surface area contributed by atoms with Gasteiger partial charge in [0.1, 0.15) is 0 Å². The lowest BCUT2D eigenvalue weighted by atomic mass is 10.1. The fourth-order valence-corrected chi connectivity index (χ4v) is 3.54. The maximum absolute atomic E-state index is 12.7. The summed E-state index contributed by atoms with van der Waals surface area (Å²) in [5, 5.41) is 0.703. The van der Waals surface area contributed by atoms with Gasteiger partial charge in [-0.15, -0.1) is 6.58 Å². The van der Waals surface area contributed by atoms with Gasteiger partial charge in [-0.3, -0.25) is 13.9 Å². The third kappa shape index (κ3) is 3.07. The topological polar surface area (TPSA) is 61.8 Å². The van der Waals surface area contributed by atoms with Crippen molar-refractivity contribution in [3.05, 3.63) is 68.9 Å². The Hall–Kier alpha value is -2.54. The van der Waals surface area contributed by atoms with Crippen molar-refractivity contribution in [2.75, 3.05) is 5.75 Å². The minimum atomic E-state index is -0.377. The number of hydrogen-bond donors (Lipinski definition) is 0. The minimum absolute atomic E-state index is 0.330. The molecule has 0 unspecified atom stereocenters. The van der Waals surface area contributed by atoms with Crippen LogP contribution in [0.25, 0.3) is 11.2 Å². The van der Waals surface area contributed by atoms with Crippen LogP contribution in [0.3, 0.4) is 0 Å². The summed E-state index contributed by atoms with van der Waals surface area (Å²) < 4.78 is 4.43. The Balaban J connectivity index is 2.28. The lowest BCUT2D eigenvalue weighted by Crippen LogP contribution is -2.37. The molecule has 0 saturated carbocycles. The highest BCUT2D eigenvalue weighted by atomic mass is 32.2. The van der Waals surface area contributed by atoms with Gasteiger partial charge in [-0.1, -0.05) is 47.7 Å². The SMILES string of the molecule is C=CCSc1nc2c(c(=O)n(C)c(=O)n2C)n1Cc1cccc(C)c1. The lowest BCUT2D eigenvalue weighted by Gasteiger charge is -2.09. The Morgan fingerprint density at radius 1 is 1.24 bits per heavy atom. The highest BCUT2D eigenvalue weighted by Gasteiger charge is 2.19. The molecule has 25 heavy (non-hydrogen) atoms. The number of benzene rings is 1. The standard InChI is InChI=1S/C18H20N4O2S/c1-5-9-25-17-19-15-14(16(23)21(4)18(24)20(15)3)22(17)11-13-8-6-7-12(2)10-13/h5-8,10H,1,9,11H2,2-4H3. The fourth-order valence-electron chi connectivity index (χ4n) is 2.81. The van der Waals surface area contributed by atoms with Gasteiger partial charge in [0, 0.05) is 19.8 Å². The quantitative estimate of drug-likeness (QED) is 0.519. The third-order valence-corrected chi connectivity index (χ3v) is 5.04. The van der Waals surface area contributed by atoms with Crippen LogP contribution in [0.2, 0.25) is 0 Å². The molecule has 0 saturated heterocycles. The number of aromatic nitrogens is 4. The van der Waals surface area contributed by atoms with E-state index in [2.05, 4.69) is 17.6 Å². The van der Waals surface area contributed by atoms with Gasteiger partial charge < -0.3 is 4.57 Å². The molecule has 0 N–H and O–H groups in total. The van der Waals surface area contributed by atoms with Crippen molar-refractivity contribution in [2.45, 2.75) is 18.6 Å². The molecule has 0 aliphatic rings. The summed E-state index contributed by atoms with van der Waals surface area (Å²) in [6.45, 7) is 6.29. The summed E-state index contributed by atoms with van der Waals surface area (Å²) in [6.07, 6.45) is 1.79. The monoisotopic (exact) mass is 356 g/mol. The largest absolute Gasteiger partial charge is 0.332 e. The number of fused-ring (bicyclic) bond motifs is 1. The van der Waals surface area contributed by atoms with Crippen LogP contribution in [0.4, 0.5) is 0 Å². The summed E-state index contributed by atoms with van der Waals surface area (Å²) >= 11 is 1.50. The summed E-state index contributed by atoms with van der Waals surface area (Å²) in [7, 11) is 3.13. The van der Waals surface area contributed by atoms with Gasteiger partial charge >= 0.3 is 5.69 Å². The van der Waals surface area contributed by atoms with Crippen molar-refractivity contribution in [3.63, 3.8) is 0 Å². The first-order chi connectivity index (χ1) is 11.9. The molecule has 2 aromatic heterocycles. The third-order valence-electron chi connectivity index (χ3n) is 4.07. The van der Waals surface area contributed by atoms with E-state index in [-0.39, 0.29) is 11.2 Å². The summed E-state index contributed by atoms with van der Waals surface area (Å²) in [5.41, 5.74) is 2.38. The molecule has 0 amide bonds. The highest BCUT2D eigenvalue weighted by Crippen LogP contribution is 2.23. The Kier molecular flexibility index (Phi) is 4.67. The predicted octanol–water partition coefficient (Wildman–Crippen LogP) is 2.07. The normalized spacial score (nSPS) is 11.2. The van der Waals surface area contributed by atoms with Crippen molar-refractivity contribution < 1.29 is 0 Å². The molecule has 3 rings (SSSR count). The molecule has 0 aliphatic heterocycles. The summed E-state index contributed by atoms with van der Waals surface area (Å²) in [4.78, 5) is 29.5. The fraction of sp³-hybridized carbons (Fsp3) is 0.278. The Morgan fingerprint density at radius 3 is 2.68 bits per heavy atom. The van der Waals surface area contributed by atoms with E-state index < -0.39 is 0 Å². The van der Waals surface area contributed by atoms with Crippen LogP contribution in [0.15, 0.2) is 51.7 Å². The van der Waals surface area contributed by atoms with Gasteiger partial charge in [0.05, 0.1) is 6.54 Å². The van der Waals surface area contributed by atoms with E-state index in [1.54, 1.807) is 13.1 Å². The molecule has 1 aromatic carbocycles. The van der Waals surface area contributed by atoms with Crippen molar-refractivity contribution >= 4 is 22.9 Å². The molecule has 7 heteroatoms. The van der Waals surface area contributed by atoms with Crippen LogP contribution in [-0.2, 0) is 20.6 Å². The zero-order valence-corrected chi connectivity index (χ0v) is 15.3. The molecule has 3 aromatic rings. The number of hydrogen-bond acceptors (Lipinski definition) is 4. The van der Waals surface area contributed by atoms with E-state index in [9.17, 15) is 9.59 Å². The molecule has 0 bridgehead atoms. The first-order valence-corrected chi connectivity index (χ1v) is 8.88. The molecule has 130 valence electrons. The second-order valence-electron chi connectivity index (χ2n) is 5.95. The molecule has 0 atom stereocenters. The van der Waals surface area contributed by atoms with Crippen molar-refractivity contribution in [2.24, 2.45) is 14.1 Å². The van der Waals surface area contributed by atoms with E-state index in [1.165, 1.54) is 23.4 Å². The van der Waals surface area contributed by atoms with Gasteiger partial charge in [-0.05, 0) is 12.5 Å². The Bertz CT molecular complexity index is 1080. The summed E-state index contributed by atoms with van der Waals surface area (Å²) in [5.74, 6) is 0.672. The average Bonchev–Trinajstić information content (AvgIpc) is 2.95. The van der Waals surface area contributed by atoms with Gasteiger partial charge in [0.15, 0.2) is 16.3 Å². The zero-order valence-electron chi connectivity index (χ0n) is 14.5. The van der Waals surface area contributed by atoms with Gasteiger partial charge in [-0.2, -0.15) is 0 Å². The Labute approximate surface area is 149 Å². The van der Waals surface area contributed by atoms with Crippen LogP contribution in [0.1, 0.15) is 11.1 Å². The number of rotatable bonds is 5. The van der Waals surface area contributed by atoms with E-state index in [4.69, 9.17) is 0 Å². The zero-order chi connectivity index (χ0) is 18.1. The first-order valence-electron chi connectivity index (χ1n) is 7.89. The first kappa shape index (κ1) is 17.3. The van der Waals surface area contributed by atoms with Crippen LogP contribution in [0, 0.1) is 6.92 Å². The molecule has 0 fully saturated rings. The van der Waals surface area contributed by atoms with Crippen LogP contribution in [-0.4, -0.2) is 24.4 Å². The van der Waals surface area contributed by atoms with Crippen LogP contribution < -0.4 is 11.2 Å². The van der Waals surface area contributed by atoms with Crippen molar-refractivity contribution in [1.82, 2.24) is 18.7 Å². The maximum Gasteiger partial charge on any atom is 0.332 e. The Morgan fingerprint density at radius 2 is 2.00 bits per heavy atom. The van der Waals surface area contributed by atoms with E-state index >= 15 is 0 Å². The lowest BCUT2D eigenvalue weighted by molar-refractivity contribution is 0.696. The predicted molar refractivity (Wildman–Crippen MR) is 101 cm³/mol. The minimum Gasteiger partial charge on any atom is -0.309 e. The molecule has 6 nitrogen and oxygen atoms in total. The smallest absolute Gasteiger partial charge is 0.309 e. The molecule has 2 heterocycles. The number of imidazole rings is 1. The van der Waals surface area contributed by atoms with Gasteiger partial charge in [0.25, 0.3) is 5.56 Å². The molecule has 0 aliphatic carbocycles. The molecule has 0 spiro atoms. The van der Waals surface area contributed by atoms with Crippen molar-refractivity contribution in [1.29, 1.82) is 0 Å². The van der Waals surface area contributed by atoms with E-state index in [0.29, 0.717) is 28.6 Å². The maximum atomic E-state index is 12.7. The number of aryl methyl sites for hydroxylation is 2. The van der Waals surface area contributed by atoms with Gasteiger partial charge in [0.2, 0.25) is 0 Å². The molecular formula is C18H20N4O2S. The van der Waals surface area contributed by atoms with Crippen LogP contribution in [0.5, 0.6) is 0 Å². The van der Waals surface area contributed by atoms with E-state index in [1.807, 2.05) is 29.7 Å². The highest BCUT2D eigenvalue weighted by molar-refractivity contribution is 7.99. The number of thioether (sulfide) groups is 1. The average molecular weight is 356 g/mol.